The van der Waals surface area contributed by atoms with Crippen molar-refractivity contribution in [2.75, 3.05) is 0 Å². The summed E-state index contributed by atoms with van der Waals surface area (Å²) in [6, 6.07) is 1.83. The lowest BCUT2D eigenvalue weighted by Gasteiger charge is -2.39. The molecule has 0 N–H and O–H groups in total. The van der Waals surface area contributed by atoms with Gasteiger partial charge in [-0.3, -0.25) is 0 Å². The number of ether oxygens (including phenoxy) is 2. The molecule has 0 radical (unpaired) electrons. The van der Waals surface area contributed by atoms with Crippen LogP contribution in [0.2, 0.25) is 5.15 Å². The summed E-state index contributed by atoms with van der Waals surface area (Å²) in [4.78, 5) is 20.4. The molecule has 24 heavy (non-hydrogen) atoms. The highest BCUT2D eigenvalue weighted by Gasteiger charge is 2.68. The first kappa shape index (κ1) is 14.6. The fourth-order valence-electron chi connectivity index (χ4n) is 4.45. The Balaban J connectivity index is 1.69. The van der Waals surface area contributed by atoms with Gasteiger partial charge in [0.15, 0.2) is 5.79 Å². The average molecular weight is 346 g/mol. The maximum absolute atomic E-state index is 11.9. The van der Waals surface area contributed by atoms with Crippen molar-refractivity contribution in [2.45, 2.75) is 37.9 Å². The van der Waals surface area contributed by atoms with Crippen molar-refractivity contribution in [2.24, 2.45) is 11.3 Å². The van der Waals surface area contributed by atoms with E-state index in [1.54, 1.807) is 0 Å². The van der Waals surface area contributed by atoms with E-state index >= 15 is 0 Å². The van der Waals surface area contributed by atoms with Crippen molar-refractivity contribution < 1.29 is 14.3 Å². The fraction of sp³-hybridized carbons (Fsp3) is 0.471. The molecule has 1 saturated heterocycles. The molecule has 124 valence electrons. The highest BCUT2D eigenvalue weighted by atomic mass is 35.5. The van der Waals surface area contributed by atoms with Crippen LogP contribution in [0.5, 0.6) is 0 Å². The van der Waals surface area contributed by atoms with E-state index in [4.69, 9.17) is 21.1 Å². The van der Waals surface area contributed by atoms with Crippen LogP contribution in [0.25, 0.3) is 11.0 Å². The number of hydrogen-bond donors (Lipinski definition) is 0. The van der Waals surface area contributed by atoms with Gasteiger partial charge in [0.2, 0.25) is 0 Å². The Kier molecular flexibility index (Phi) is 2.70. The number of allylic oxidation sites excluding steroid dienone is 1. The zero-order valence-corrected chi connectivity index (χ0v) is 14.0. The molecule has 7 heteroatoms. The monoisotopic (exact) mass is 345 g/mol. The molecule has 1 aliphatic heterocycles. The maximum atomic E-state index is 11.9. The number of carbonyl (C=O) groups excluding carboxylic acids is 1. The SMILES string of the molecule is CC1(C)O[C@H]2[C@H](n3ccc4c(Cl)ncnc43)[C@H]3C=C[C@@]3(C=O)[C@H]2O1. The van der Waals surface area contributed by atoms with Crippen molar-refractivity contribution >= 4 is 28.9 Å². The molecule has 2 aromatic rings. The zero-order valence-electron chi connectivity index (χ0n) is 13.2. The van der Waals surface area contributed by atoms with E-state index in [1.165, 1.54) is 6.33 Å². The molecule has 2 fully saturated rings. The van der Waals surface area contributed by atoms with Crippen LogP contribution >= 0.6 is 11.6 Å². The van der Waals surface area contributed by atoms with Gasteiger partial charge >= 0.3 is 0 Å². The smallest absolute Gasteiger partial charge is 0.163 e. The van der Waals surface area contributed by atoms with Crippen molar-refractivity contribution in [3.8, 4) is 0 Å². The summed E-state index contributed by atoms with van der Waals surface area (Å²) in [5.74, 6) is -0.696. The third kappa shape index (κ3) is 1.61. The van der Waals surface area contributed by atoms with Crippen molar-refractivity contribution in [1.29, 1.82) is 0 Å². The number of aldehydes is 1. The second-order valence-electron chi connectivity index (χ2n) is 7.14. The Bertz CT molecular complexity index is 892. The molecule has 6 nitrogen and oxygen atoms in total. The summed E-state index contributed by atoms with van der Waals surface area (Å²) in [6.45, 7) is 3.76. The van der Waals surface area contributed by atoms with E-state index in [1.807, 2.05) is 36.8 Å². The van der Waals surface area contributed by atoms with Gasteiger partial charge in [-0.05, 0) is 19.9 Å². The fourth-order valence-corrected chi connectivity index (χ4v) is 4.64. The quantitative estimate of drug-likeness (QED) is 0.475. The standard InChI is InChI=1S/C17H16ClN3O3/c1-16(2)23-12-11(10-3-5-17(10,7-22)13(12)24-16)21-6-4-9-14(18)19-8-20-15(9)21/h3-8,10-13H,1-2H3/t10-,11-,12+,13+,17+/m1/s1. The van der Waals surface area contributed by atoms with Gasteiger partial charge < -0.3 is 18.8 Å². The van der Waals surface area contributed by atoms with Crippen molar-refractivity contribution in [3.05, 3.63) is 35.9 Å². The summed E-state index contributed by atoms with van der Waals surface area (Å²) in [5, 5.41) is 1.21. The Morgan fingerprint density at radius 2 is 2.17 bits per heavy atom. The normalized spacial score (nSPS) is 38.8. The van der Waals surface area contributed by atoms with Crippen LogP contribution in [0, 0.1) is 11.3 Å². The predicted molar refractivity (Wildman–Crippen MR) is 86.5 cm³/mol. The van der Waals surface area contributed by atoms with Gasteiger partial charge in [-0.25, -0.2) is 9.97 Å². The van der Waals surface area contributed by atoms with Gasteiger partial charge in [0.05, 0.1) is 16.8 Å². The van der Waals surface area contributed by atoms with E-state index in [0.29, 0.717) is 5.15 Å². The lowest BCUT2D eigenvalue weighted by atomic mass is 9.68. The molecule has 0 spiro atoms. The Labute approximate surface area is 143 Å². The third-order valence-corrected chi connectivity index (χ3v) is 5.78. The van der Waals surface area contributed by atoms with Gasteiger partial charge in [-0.2, -0.15) is 0 Å². The van der Waals surface area contributed by atoms with Gasteiger partial charge in [0, 0.05) is 12.1 Å². The van der Waals surface area contributed by atoms with E-state index in [9.17, 15) is 4.79 Å². The van der Waals surface area contributed by atoms with Crippen LogP contribution in [0.3, 0.4) is 0 Å². The highest BCUT2D eigenvalue weighted by molar-refractivity contribution is 6.33. The third-order valence-electron chi connectivity index (χ3n) is 5.48. The van der Waals surface area contributed by atoms with Crippen LogP contribution < -0.4 is 0 Å². The summed E-state index contributed by atoms with van der Waals surface area (Å²) in [7, 11) is 0. The molecule has 1 saturated carbocycles. The molecule has 0 aromatic carbocycles. The highest BCUT2D eigenvalue weighted by Crippen LogP contribution is 2.61. The number of nitrogens with zero attached hydrogens (tertiary/aromatic N) is 3. The first-order valence-electron chi connectivity index (χ1n) is 7.95. The van der Waals surface area contributed by atoms with Gasteiger partial charge in [0.1, 0.15) is 35.6 Å². The van der Waals surface area contributed by atoms with E-state index < -0.39 is 11.2 Å². The number of fused-ring (bicyclic) bond motifs is 4. The van der Waals surface area contributed by atoms with Crippen LogP contribution in [0.1, 0.15) is 19.9 Å². The molecule has 2 aromatic heterocycles. The molecule has 3 heterocycles. The van der Waals surface area contributed by atoms with Gasteiger partial charge in [-0.1, -0.05) is 23.8 Å². The second kappa shape index (κ2) is 4.45. The molecule has 0 unspecified atom stereocenters. The molecule has 2 aliphatic carbocycles. The maximum Gasteiger partial charge on any atom is 0.163 e. The first-order valence-corrected chi connectivity index (χ1v) is 8.33. The molecule has 0 amide bonds. The van der Waals surface area contributed by atoms with Gasteiger partial charge in [-0.15, -0.1) is 0 Å². The second-order valence-corrected chi connectivity index (χ2v) is 7.50. The minimum absolute atomic E-state index is 0.0189. The number of rotatable bonds is 2. The molecule has 0 bridgehead atoms. The number of halogens is 1. The van der Waals surface area contributed by atoms with Crippen LogP contribution in [0.15, 0.2) is 30.7 Å². The molecular formula is C17H16ClN3O3. The van der Waals surface area contributed by atoms with Crippen LogP contribution in [0.4, 0.5) is 0 Å². The largest absolute Gasteiger partial charge is 0.343 e. The Hall–Kier alpha value is -1.76. The van der Waals surface area contributed by atoms with Crippen LogP contribution in [-0.2, 0) is 14.3 Å². The predicted octanol–water partition coefficient (Wildman–Crippen LogP) is 2.53. The lowest BCUT2D eigenvalue weighted by Crippen LogP contribution is -2.43. The average Bonchev–Trinajstić information content (AvgIpc) is 3.10. The van der Waals surface area contributed by atoms with E-state index in [2.05, 4.69) is 16.0 Å². The Morgan fingerprint density at radius 3 is 2.88 bits per heavy atom. The molecule has 5 rings (SSSR count). The number of aromatic nitrogens is 3. The van der Waals surface area contributed by atoms with Crippen molar-refractivity contribution in [3.63, 3.8) is 0 Å². The molecular weight excluding hydrogens is 330 g/mol. The summed E-state index contributed by atoms with van der Waals surface area (Å²) >= 11 is 6.18. The van der Waals surface area contributed by atoms with Crippen LogP contribution in [-0.4, -0.2) is 38.8 Å². The number of carbonyl (C=O) groups is 1. The number of hydrogen-bond acceptors (Lipinski definition) is 5. The van der Waals surface area contributed by atoms with E-state index in [0.717, 1.165) is 17.3 Å². The van der Waals surface area contributed by atoms with E-state index in [-0.39, 0.29) is 24.2 Å². The summed E-state index contributed by atoms with van der Waals surface area (Å²) < 4.78 is 14.3. The van der Waals surface area contributed by atoms with Crippen molar-refractivity contribution in [1.82, 2.24) is 14.5 Å². The molecule has 5 atom stereocenters. The zero-order chi connectivity index (χ0) is 16.7. The Morgan fingerprint density at radius 1 is 1.33 bits per heavy atom. The summed E-state index contributed by atoms with van der Waals surface area (Å²) in [6.07, 6.45) is 7.89. The minimum Gasteiger partial charge on any atom is -0.343 e. The van der Waals surface area contributed by atoms with Gasteiger partial charge in [0.25, 0.3) is 0 Å². The minimum atomic E-state index is -0.715. The topological polar surface area (TPSA) is 66.2 Å². The summed E-state index contributed by atoms with van der Waals surface area (Å²) in [5.41, 5.74) is 0.116. The lowest BCUT2D eigenvalue weighted by molar-refractivity contribution is -0.172. The first-order chi connectivity index (χ1) is 11.5. The molecule has 3 aliphatic rings.